The van der Waals surface area contributed by atoms with E-state index in [1.54, 1.807) is 23.6 Å². The highest BCUT2D eigenvalue weighted by Crippen LogP contribution is 2.33. The number of rotatable bonds is 3. The van der Waals surface area contributed by atoms with E-state index in [2.05, 4.69) is 0 Å². The van der Waals surface area contributed by atoms with E-state index >= 15 is 0 Å². The van der Waals surface area contributed by atoms with Gasteiger partial charge in [-0.3, -0.25) is 4.79 Å². The molecule has 1 unspecified atom stereocenters. The van der Waals surface area contributed by atoms with Gasteiger partial charge in [-0.15, -0.1) is 0 Å². The molecular formula is C10H17NO3S2. The summed E-state index contributed by atoms with van der Waals surface area (Å²) in [6.07, 6.45) is 1.86. The SMILES string of the molecule is CCS(=O)(=O)C1CSCCN1C(=O)C1CC1. The molecule has 2 aliphatic rings. The fourth-order valence-corrected chi connectivity index (χ4v) is 4.86. The monoisotopic (exact) mass is 263 g/mol. The lowest BCUT2D eigenvalue weighted by Crippen LogP contribution is -2.51. The van der Waals surface area contributed by atoms with Gasteiger partial charge < -0.3 is 4.90 Å². The maximum absolute atomic E-state index is 12.0. The van der Waals surface area contributed by atoms with Crippen LogP contribution in [-0.2, 0) is 14.6 Å². The minimum atomic E-state index is -3.14. The van der Waals surface area contributed by atoms with Crippen LogP contribution >= 0.6 is 11.8 Å². The quantitative estimate of drug-likeness (QED) is 0.753. The number of nitrogens with zero attached hydrogens (tertiary/aromatic N) is 1. The van der Waals surface area contributed by atoms with Gasteiger partial charge >= 0.3 is 0 Å². The molecular weight excluding hydrogens is 246 g/mol. The first kappa shape index (κ1) is 12.2. The summed E-state index contributed by atoms with van der Waals surface area (Å²) in [6.45, 7) is 2.23. The van der Waals surface area contributed by atoms with E-state index in [9.17, 15) is 13.2 Å². The van der Waals surface area contributed by atoms with Crippen molar-refractivity contribution in [1.82, 2.24) is 4.90 Å². The van der Waals surface area contributed by atoms with E-state index < -0.39 is 15.2 Å². The molecule has 2 fully saturated rings. The van der Waals surface area contributed by atoms with Crippen molar-refractivity contribution in [1.29, 1.82) is 0 Å². The summed E-state index contributed by atoms with van der Waals surface area (Å²) in [6, 6.07) is 0. The lowest BCUT2D eigenvalue weighted by molar-refractivity contribution is -0.132. The van der Waals surface area contributed by atoms with Crippen LogP contribution in [0.4, 0.5) is 0 Å². The highest BCUT2D eigenvalue weighted by atomic mass is 32.2. The van der Waals surface area contributed by atoms with Gasteiger partial charge in [0.2, 0.25) is 5.91 Å². The molecule has 2 rings (SSSR count). The van der Waals surface area contributed by atoms with Crippen LogP contribution in [0.1, 0.15) is 19.8 Å². The van der Waals surface area contributed by atoms with Crippen molar-refractivity contribution in [3.63, 3.8) is 0 Å². The van der Waals surface area contributed by atoms with Gasteiger partial charge in [-0.1, -0.05) is 6.92 Å². The number of thioether (sulfide) groups is 1. The third-order valence-electron chi connectivity index (χ3n) is 3.11. The fourth-order valence-electron chi connectivity index (χ4n) is 1.89. The van der Waals surface area contributed by atoms with Crippen LogP contribution in [-0.4, -0.2) is 48.4 Å². The standard InChI is InChI=1S/C10H17NO3S2/c1-2-16(13,14)9-7-15-6-5-11(9)10(12)8-3-4-8/h8-9H,2-7H2,1H3. The summed E-state index contributed by atoms with van der Waals surface area (Å²) in [5.41, 5.74) is 0. The maximum atomic E-state index is 12.0. The second-order valence-corrected chi connectivity index (χ2v) is 7.88. The molecule has 1 saturated carbocycles. The number of sulfone groups is 1. The van der Waals surface area contributed by atoms with Crippen molar-refractivity contribution >= 4 is 27.5 Å². The Morgan fingerprint density at radius 3 is 2.69 bits per heavy atom. The molecule has 1 heterocycles. The molecule has 0 N–H and O–H groups in total. The van der Waals surface area contributed by atoms with Gasteiger partial charge in [-0.2, -0.15) is 11.8 Å². The van der Waals surface area contributed by atoms with E-state index in [0.717, 1.165) is 18.6 Å². The van der Waals surface area contributed by atoms with E-state index in [1.165, 1.54) is 0 Å². The molecule has 16 heavy (non-hydrogen) atoms. The first-order chi connectivity index (χ1) is 7.56. The lowest BCUT2D eigenvalue weighted by atomic mass is 10.3. The normalized spacial score (nSPS) is 26.8. The topological polar surface area (TPSA) is 54.5 Å². The van der Waals surface area contributed by atoms with Gasteiger partial charge in [-0.25, -0.2) is 8.42 Å². The summed E-state index contributed by atoms with van der Waals surface area (Å²) in [4.78, 5) is 13.6. The molecule has 0 spiro atoms. The molecule has 1 aliphatic heterocycles. The predicted octanol–water partition coefficient (Wildman–Crippen LogP) is 0.733. The molecule has 0 bridgehead atoms. The maximum Gasteiger partial charge on any atom is 0.226 e. The number of carbonyl (C=O) groups is 1. The molecule has 6 heteroatoms. The van der Waals surface area contributed by atoms with Crippen LogP contribution in [0.25, 0.3) is 0 Å². The van der Waals surface area contributed by atoms with Crippen LogP contribution in [0.15, 0.2) is 0 Å². The minimum Gasteiger partial charge on any atom is -0.324 e. The lowest BCUT2D eigenvalue weighted by Gasteiger charge is -2.34. The smallest absolute Gasteiger partial charge is 0.226 e. The molecule has 1 saturated heterocycles. The van der Waals surface area contributed by atoms with Gasteiger partial charge in [0.15, 0.2) is 9.84 Å². The van der Waals surface area contributed by atoms with Crippen molar-refractivity contribution < 1.29 is 13.2 Å². The zero-order valence-corrected chi connectivity index (χ0v) is 11.0. The van der Waals surface area contributed by atoms with E-state index in [1.807, 2.05) is 0 Å². The first-order valence-electron chi connectivity index (χ1n) is 5.66. The fraction of sp³-hybridized carbons (Fsp3) is 0.900. The summed E-state index contributed by atoms with van der Waals surface area (Å²) in [5, 5.41) is -0.579. The Morgan fingerprint density at radius 1 is 1.44 bits per heavy atom. The molecule has 1 aliphatic carbocycles. The van der Waals surface area contributed by atoms with Crippen LogP contribution in [0, 0.1) is 5.92 Å². The Hall–Kier alpha value is -0.230. The van der Waals surface area contributed by atoms with Crippen molar-refractivity contribution in [3.05, 3.63) is 0 Å². The Balaban J connectivity index is 2.16. The van der Waals surface area contributed by atoms with Crippen LogP contribution in [0.5, 0.6) is 0 Å². The molecule has 4 nitrogen and oxygen atoms in total. The van der Waals surface area contributed by atoms with E-state index in [-0.39, 0.29) is 17.6 Å². The van der Waals surface area contributed by atoms with E-state index in [4.69, 9.17) is 0 Å². The van der Waals surface area contributed by atoms with Crippen LogP contribution in [0.3, 0.4) is 0 Å². The van der Waals surface area contributed by atoms with Crippen molar-refractivity contribution in [2.24, 2.45) is 5.92 Å². The van der Waals surface area contributed by atoms with Crippen molar-refractivity contribution in [3.8, 4) is 0 Å². The Morgan fingerprint density at radius 2 is 2.12 bits per heavy atom. The molecule has 1 atom stereocenters. The Kier molecular flexibility index (Phi) is 3.49. The average Bonchev–Trinajstić information content (AvgIpc) is 3.12. The van der Waals surface area contributed by atoms with Crippen LogP contribution in [0.2, 0.25) is 0 Å². The molecule has 1 amide bonds. The molecule has 0 aromatic rings. The summed E-state index contributed by atoms with van der Waals surface area (Å²) in [5.74, 6) is 1.68. The average molecular weight is 263 g/mol. The van der Waals surface area contributed by atoms with Crippen molar-refractivity contribution in [2.75, 3.05) is 23.8 Å². The highest BCUT2D eigenvalue weighted by molar-refractivity contribution is 8.01. The Labute approximate surface area is 101 Å². The van der Waals surface area contributed by atoms with E-state index in [0.29, 0.717) is 12.3 Å². The molecule has 0 radical (unpaired) electrons. The second kappa shape index (κ2) is 4.56. The zero-order chi connectivity index (χ0) is 11.8. The third kappa shape index (κ3) is 2.37. The van der Waals surface area contributed by atoms with Gasteiger partial charge in [-0.05, 0) is 12.8 Å². The first-order valence-corrected chi connectivity index (χ1v) is 8.53. The molecule has 0 aromatic carbocycles. The summed E-state index contributed by atoms with van der Waals surface area (Å²) in [7, 11) is -3.14. The number of hydrogen-bond acceptors (Lipinski definition) is 4. The van der Waals surface area contributed by atoms with Gasteiger partial charge in [0, 0.05) is 29.7 Å². The van der Waals surface area contributed by atoms with Crippen molar-refractivity contribution in [2.45, 2.75) is 25.1 Å². The third-order valence-corrected chi connectivity index (χ3v) is 6.40. The molecule has 0 aromatic heterocycles. The second-order valence-electron chi connectivity index (χ2n) is 4.29. The van der Waals surface area contributed by atoms with Gasteiger partial charge in [0.05, 0.1) is 0 Å². The number of carbonyl (C=O) groups excluding carboxylic acids is 1. The zero-order valence-electron chi connectivity index (χ0n) is 9.39. The number of hydrogen-bond donors (Lipinski definition) is 0. The number of amides is 1. The summed E-state index contributed by atoms with van der Waals surface area (Å²) >= 11 is 1.63. The summed E-state index contributed by atoms with van der Waals surface area (Å²) < 4.78 is 23.8. The Bertz CT molecular complexity index is 376. The van der Waals surface area contributed by atoms with Gasteiger partial charge in [0.25, 0.3) is 0 Å². The largest absolute Gasteiger partial charge is 0.324 e. The predicted molar refractivity (Wildman–Crippen MR) is 65.0 cm³/mol. The minimum absolute atomic E-state index is 0.0577. The van der Waals surface area contributed by atoms with Gasteiger partial charge in [0.1, 0.15) is 5.37 Å². The van der Waals surface area contributed by atoms with Crippen LogP contribution < -0.4 is 0 Å². The highest BCUT2D eigenvalue weighted by Gasteiger charge is 2.41. The molecule has 92 valence electrons.